The van der Waals surface area contributed by atoms with Gasteiger partial charge < -0.3 is 4.42 Å². The molecule has 0 unspecified atom stereocenters. The molecule has 0 radical (unpaired) electrons. The van der Waals surface area contributed by atoms with Crippen LogP contribution in [0.1, 0.15) is 48.8 Å². The highest BCUT2D eigenvalue weighted by Crippen LogP contribution is 2.58. The zero-order chi connectivity index (χ0) is 30.0. The topological polar surface area (TPSA) is 75.6 Å². The fourth-order valence-electron chi connectivity index (χ4n) is 7.74. The summed E-state index contributed by atoms with van der Waals surface area (Å²) >= 11 is 0. The normalized spacial score (nSPS) is 14.8. The number of aromatic nitrogens is 3. The fraction of sp³-hybridized carbons (Fsp3) is 0.150. The van der Waals surface area contributed by atoms with E-state index >= 15 is 0 Å². The van der Waals surface area contributed by atoms with Crippen LogP contribution in [0.5, 0.6) is 0 Å². The van der Waals surface area contributed by atoms with Crippen LogP contribution in [0.3, 0.4) is 0 Å². The van der Waals surface area contributed by atoms with Gasteiger partial charge in [-0.05, 0) is 65.4 Å². The third-order valence-corrected chi connectivity index (χ3v) is 9.75. The van der Waals surface area contributed by atoms with E-state index in [4.69, 9.17) is 19.4 Å². The Balaban J connectivity index is 1.28. The second kappa shape index (κ2) is 9.97. The minimum Gasteiger partial charge on any atom is -0.456 e. The van der Waals surface area contributed by atoms with Crippen LogP contribution in [0, 0.1) is 11.3 Å². The molecule has 1 spiro atoms. The van der Waals surface area contributed by atoms with Crippen molar-refractivity contribution in [3.05, 3.63) is 126 Å². The number of nitrogens with zero attached hydrogens (tertiary/aromatic N) is 4. The zero-order valence-electron chi connectivity index (χ0n) is 24.6. The summed E-state index contributed by atoms with van der Waals surface area (Å²) in [5.74, 6) is 1.91. The van der Waals surface area contributed by atoms with Gasteiger partial charge in [0.25, 0.3) is 0 Å². The lowest BCUT2D eigenvalue weighted by Gasteiger charge is -2.37. The monoisotopic (exact) mass is 580 g/mol. The van der Waals surface area contributed by atoms with Gasteiger partial charge in [-0.2, -0.15) is 5.26 Å². The van der Waals surface area contributed by atoms with Gasteiger partial charge in [0.1, 0.15) is 11.2 Å². The maximum absolute atomic E-state index is 9.81. The highest BCUT2D eigenvalue weighted by atomic mass is 16.3. The van der Waals surface area contributed by atoms with Gasteiger partial charge in [0.15, 0.2) is 17.5 Å². The summed E-state index contributed by atoms with van der Waals surface area (Å²) in [5, 5.41) is 12.0. The number of nitriles is 1. The summed E-state index contributed by atoms with van der Waals surface area (Å²) in [6.45, 7) is 0. The molecule has 7 aromatic rings. The molecule has 1 fully saturated rings. The molecule has 5 nitrogen and oxygen atoms in total. The van der Waals surface area contributed by atoms with E-state index in [1.807, 2.05) is 60.7 Å². The van der Waals surface area contributed by atoms with Crippen molar-refractivity contribution in [1.29, 1.82) is 5.26 Å². The van der Waals surface area contributed by atoms with Crippen molar-refractivity contribution in [3.63, 3.8) is 0 Å². The predicted molar refractivity (Wildman–Crippen MR) is 177 cm³/mol. The SMILES string of the molecule is N#Cc1ccc2c(c1)C1(CCCCC1)c1c(-c3nc(-c4ccccc4)nc(-c4ccc5c(c4)oc4ccccc45)n3)cccc1-2. The van der Waals surface area contributed by atoms with Crippen LogP contribution >= 0.6 is 0 Å². The minimum absolute atomic E-state index is 0.167. The Hall–Kier alpha value is -5.60. The minimum atomic E-state index is -0.167. The number of rotatable bonds is 3. The van der Waals surface area contributed by atoms with Crippen molar-refractivity contribution < 1.29 is 4.42 Å². The number of benzene rings is 5. The average molecular weight is 581 g/mol. The number of furan rings is 1. The highest BCUT2D eigenvalue weighted by Gasteiger charge is 2.45. The summed E-state index contributed by atoms with van der Waals surface area (Å²) in [6, 6.07) is 39.6. The van der Waals surface area contributed by atoms with Crippen LogP contribution in [0.2, 0.25) is 0 Å². The van der Waals surface area contributed by atoms with E-state index in [1.54, 1.807) is 0 Å². The third-order valence-electron chi connectivity index (χ3n) is 9.75. The number of hydrogen-bond donors (Lipinski definition) is 0. The second-order valence-electron chi connectivity index (χ2n) is 12.2. The number of fused-ring (bicyclic) bond motifs is 8. The first-order valence-electron chi connectivity index (χ1n) is 15.6. The molecule has 5 aromatic carbocycles. The van der Waals surface area contributed by atoms with Crippen LogP contribution in [0.4, 0.5) is 0 Å². The van der Waals surface area contributed by atoms with Gasteiger partial charge in [0, 0.05) is 32.9 Å². The van der Waals surface area contributed by atoms with E-state index in [-0.39, 0.29) is 5.41 Å². The van der Waals surface area contributed by atoms with Gasteiger partial charge in [0.2, 0.25) is 0 Å². The summed E-state index contributed by atoms with van der Waals surface area (Å²) in [6.07, 6.45) is 5.62. The largest absolute Gasteiger partial charge is 0.456 e. The van der Waals surface area contributed by atoms with Crippen LogP contribution in [-0.4, -0.2) is 15.0 Å². The predicted octanol–water partition coefficient (Wildman–Crippen LogP) is 9.87. The Bertz CT molecular complexity index is 2320. The first-order chi connectivity index (χ1) is 22.2. The van der Waals surface area contributed by atoms with Gasteiger partial charge in [-0.3, -0.25) is 0 Å². The Morgan fingerprint density at radius 3 is 2.16 bits per heavy atom. The van der Waals surface area contributed by atoms with E-state index in [1.165, 1.54) is 28.7 Å². The molecular formula is C40H28N4O. The lowest BCUT2D eigenvalue weighted by molar-refractivity contribution is 0.353. The summed E-state index contributed by atoms with van der Waals surface area (Å²) < 4.78 is 6.24. The van der Waals surface area contributed by atoms with Crippen molar-refractivity contribution in [3.8, 4) is 51.4 Å². The summed E-state index contributed by atoms with van der Waals surface area (Å²) in [7, 11) is 0. The number of para-hydroxylation sites is 1. The molecule has 2 aliphatic rings. The maximum atomic E-state index is 9.81. The molecular weight excluding hydrogens is 552 g/mol. The lowest BCUT2D eigenvalue weighted by atomic mass is 9.66. The van der Waals surface area contributed by atoms with E-state index < -0.39 is 0 Å². The first kappa shape index (κ1) is 25.9. The maximum Gasteiger partial charge on any atom is 0.164 e. The van der Waals surface area contributed by atoms with E-state index in [9.17, 15) is 5.26 Å². The molecule has 2 heterocycles. The molecule has 0 atom stereocenters. The van der Waals surface area contributed by atoms with E-state index in [0.717, 1.165) is 64.3 Å². The molecule has 0 amide bonds. The lowest BCUT2D eigenvalue weighted by Crippen LogP contribution is -2.29. The van der Waals surface area contributed by atoms with Crippen molar-refractivity contribution in [2.75, 3.05) is 0 Å². The number of hydrogen-bond acceptors (Lipinski definition) is 5. The summed E-state index contributed by atoms with van der Waals surface area (Å²) in [5.41, 5.74) is 10.1. The van der Waals surface area contributed by atoms with Crippen molar-refractivity contribution >= 4 is 21.9 Å². The van der Waals surface area contributed by atoms with Crippen molar-refractivity contribution in [2.24, 2.45) is 0 Å². The fourth-order valence-corrected chi connectivity index (χ4v) is 7.74. The smallest absolute Gasteiger partial charge is 0.164 e. The molecule has 45 heavy (non-hydrogen) atoms. The van der Waals surface area contributed by atoms with E-state index in [2.05, 4.69) is 54.6 Å². The summed E-state index contributed by atoms with van der Waals surface area (Å²) in [4.78, 5) is 15.4. The van der Waals surface area contributed by atoms with Gasteiger partial charge in [-0.25, -0.2) is 15.0 Å². The molecule has 0 aliphatic heterocycles. The third kappa shape index (κ3) is 3.96. The molecule has 9 rings (SSSR count). The van der Waals surface area contributed by atoms with Crippen LogP contribution in [0.15, 0.2) is 114 Å². The molecule has 5 heteroatoms. The van der Waals surface area contributed by atoms with Crippen LogP contribution in [-0.2, 0) is 5.41 Å². The van der Waals surface area contributed by atoms with Crippen molar-refractivity contribution in [1.82, 2.24) is 15.0 Å². The van der Waals surface area contributed by atoms with Crippen LogP contribution in [0.25, 0.3) is 67.2 Å². The molecule has 214 valence electrons. The Morgan fingerprint density at radius 1 is 0.578 bits per heavy atom. The standard InChI is InChI=1S/C40H28N4O/c41-24-25-16-18-28-31-13-9-14-32(36(31)40(33(28)22-25)20-7-2-8-21-40)39-43-37(26-10-3-1-4-11-26)42-38(44-39)27-17-19-30-29-12-5-6-15-34(29)45-35(30)23-27/h1,3-6,9-19,22-23H,2,7-8,20-21H2. The molecule has 1 saturated carbocycles. The molecule has 0 N–H and O–H groups in total. The van der Waals surface area contributed by atoms with Crippen molar-refractivity contribution in [2.45, 2.75) is 37.5 Å². The highest BCUT2D eigenvalue weighted by molar-refractivity contribution is 6.05. The molecule has 2 aliphatic carbocycles. The zero-order valence-corrected chi connectivity index (χ0v) is 24.6. The Morgan fingerprint density at radius 2 is 1.31 bits per heavy atom. The molecule has 0 saturated heterocycles. The Labute approximate surface area is 260 Å². The second-order valence-corrected chi connectivity index (χ2v) is 12.2. The van der Waals surface area contributed by atoms with Gasteiger partial charge in [-0.1, -0.05) is 98.1 Å². The quantitative estimate of drug-likeness (QED) is 0.208. The van der Waals surface area contributed by atoms with Gasteiger partial charge >= 0.3 is 0 Å². The van der Waals surface area contributed by atoms with Crippen LogP contribution < -0.4 is 0 Å². The Kier molecular flexibility index (Phi) is 5.73. The van der Waals surface area contributed by atoms with Gasteiger partial charge in [0.05, 0.1) is 11.6 Å². The molecule has 2 aromatic heterocycles. The average Bonchev–Trinajstić information content (AvgIpc) is 3.61. The first-order valence-corrected chi connectivity index (χ1v) is 15.6. The van der Waals surface area contributed by atoms with Gasteiger partial charge in [-0.15, -0.1) is 0 Å². The molecule has 0 bridgehead atoms. The van der Waals surface area contributed by atoms with E-state index in [0.29, 0.717) is 23.0 Å².